The Balaban J connectivity index is 1.54. The first-order valence-electron chi connectivity index (χ1n) is 12.3. The van der Waals surface area contributed by atoms with Gasteiger partial charge >= 0.3 is 6.03 Å². The van der Waals surface area contributed by atoms with E-state index < -0.39 is 0 Å². The monoisotopic (exact) mass is 512 g/mol. The van der Waals surface area contributed by atoms with Crippen LogP contribution in [0.4, 0.5) is 10.5 Å². The summed E-state index contributed by atoms with van der Waals surface area (Å²) in [7, 11) is 0. The zero-order valence-corrected chi connectivity index (χ0v) is 21.8. The van der Waals surface area contributed by atoms with Crippen LogP contribution in [0, 0.1) is 11.3 Å². The summed E-state index contributed by atoms with van der Waals surface area (Å²) in [5.74, 6) is 1.13. The van der Waals surface area contributed by atoms with E-state index in [1.807, 2.05) is 62.6 Å². The number of nitrogens with zero attached hydrogens (tertiary/aromatic N) is 4. The number of urea groups is 1. The van der Waals surface area contributed by atoms with Gasteiger partial charge in [-0.15, -0.1) is 0 Å². The van der Waals surface area contributed by atoms with Gasteiger partial charge in [-0.1, -0.05) is 23.9 Å². The maximum Gasteiger partial charge on any atom is 0.319 e. The molecule has 0 bridgehead atoms. The van der Waals surface area contributed by atoms with Gasteiger partial charge in [0, 0.05) is 41.5 Å². The lowest BCUT2D eigenvalue weighted by molar-refractivity contribution is 0.250. The van der Waals surface area contributed by atoms with E-state index in [4.69, 9.17) is 4.74 Å². The highest BCUT2D eigenvalue weighted by atomic mass is 32.2. The summed E-state index contributed by atoms with van der Waals surface area (Å²) in [5, 5.41) is 17.4. The molecule has 1 aliphatic rings. The standard InChI is InChI=1S/C28H28N6O2S/c1-17(2)31-27(35)32-19-9-7-18(8-10-19)26-23(16-29)22-12-11-21(15-24(22)34(26)20-5-4-6-20)36-25-13-14-30-28(33-25)37-3/h7-15,17,20H,4-6H2,1-3H3,(H2,31,32,35). The number of aromatic nitrogens is 3. The van der Waals surface area contributed by atoms with E-state index in [0.717, 1.165) is 41.4 Å². The van der Waals surface area contributed by atoms with Gasteiger partial charge in [-0.25, -0.2) is 9.78 Å². The first-order chi connectivity index (χ1) is 18.0. The van der Waals surface area contributed by atoms with Crippen molar-refractivity contribution in [2.45, 2.75) is 50.4 Å². The molecule has 5 rings (SSSR count). The number of nitrogens with one attached hydrogen (secondary N) is 2. The van der Waals surface area contributed by atoms with Gasteiger partial charge < -0.3 is 19.9 Å². The Labute approximate surface area is 220 Å². The first-order valence-corrected chi connectivity index (χ1v) is 13.5. The van der Waals surface area contributed by atoms with Crippen molar-refractivity contribution in [2.75, 3.05) is 11.6 Å². The lowest BCUT2D eigenvalue weighted by atomic mass is 9.92. The number of hydrogen-bond acceptors (Lipinski definition) is 6. The number of carbonyl (C=O) groups is 1. The number of fused-ring (bicyclic) bond motifs is 1. The number of thioether (sulfide) groups is 1. The van der Waals surface area contributed by atoms with Crippen LogP contribution in [-0.4, -0.2) is 32.9 Å². The largest absolute Gasteiger partial charge is 0.439 e. The molecule has 2 N–H and O–H groups in total. The molecule has 1 saturated carbocycles. The van der Waals surface area contributed by atoms with E-state index in [1.54, 1.807) is 12.3 Å². The second-order valence-electron chi connectivity index (χ2n) is 9.28. The third-order valence-electron chi connectivity index (χ3n) is 6.38. The van der Waals surface area contributed by atoms with Gasteiger partial charge in [-0.3, -0.25) is 0 Å². The third kappa shape index (κ3) is 5.11. The Bertz CT molecular complexity index is 1490. The number of rotatable bonds is 7. The molecule has 4 aromatic rings. The Morgan fingerprint density at radius 3 is 2.62 bits per heavy atom. The van der Waals surface area contributed by atoms with E-state index in [1.165, 1.54) is 11.8 Å². The van der Waals surface area contributed by atoms with Crippen LogP contribution in [0.15, 0.2) is 59.9 Å². The van der Waals surface area contributed by atoms with Crippen LogP contribution in [0.3, 0.4) is 0 Å². The van der Waals surface area contributed by atoms with Crippen molar-refractivity contribution in [2.24, 2.45) is 0 Å². The van der Waals surface area contributed by atoms with E-state index in [2.05, 4.69) is 31.2 Å². The maximum atomic E-state index is 12.1. The molecule has 2 aromatic carbocycles. The van der Waals surface area contributed by atoms with Gasteiger partial charge in [0.15, 0.2) is 5.16 Å². The number of anilines is 1. The normalized spacial score (nSPS) is 13.3. The zero-order chi connectivity index (χ0) is 25.9. The van der Waals surface area contributed by atoms with E-state index in [9.17, 15) is 10.1 Å². The Morgan fingerprint density at radius 1 is 1.19 bits per heavy atom. The molecule has 9 heteroatoms. The third-order valence-corrected chi connectivity index (χ3v) is 6.94. The molecule has 1 aliphatic carbocycles. The van der Waals surface area contributed by atoms with Crippen molar-refractivity contribution in [3.8, 4) is 29.0 Å². The fourth-order valence-corrected chi connectivity index (χ4v) is 4.86. The molecule has 0 aliphatic heterocycles. The molecule has 0 atom stereocenters. The fourth-order valence-electron chi connectivity index (χ4n) is 4.52. The number of carbonyl (C=O) groups excluding carboxylic acids is 1. The summed E-state index contributed by atoms with van der Waals surface area (Å²) in [4.78, 5) is 20.7. The lowest BCUT2D eigenvalue weighted by Crippen LogP contribution is -2.34. The predicted molar refractivity (Wildman–Crippen MR) is 146 cm³/mol. The van der Waals surface area contributed by atoms with Crippen molar-refractivity contribution in [1.29, 1.82) is 5.26 Å². The van der Waals surface area contributed by atoms with Gasteiger partial charge in [-0.05, 0) is 69.2 Å². The SMILES string of the molecule is CSc1nccc(Oc2ccc3c(C#N)c(-c4ccc(NC(=O)NC(C)C)cc4)n(C4CCC4)c3c2)n1. The highest BCUT2D eigenvalue weighted by Crippen LogP contribution is 2.43. The molecule has 37 heavy (non-hydrogen) atoms. The summed E-state index contributed by atoms with van der Waals surface area (Å²) >= 11 is 1.46. The van der Waals surface area contributed by atoms with Gasteiger partial charge in [0.1, 0.15) is 11.8 Å². The van der Waals surface area contributed by atoms with Crippen molar-refractivity contribution in [3.05, 3.63) is 60.3 Å². The average molecular weight is 513 g/mol. The molecule has 2 aromatic heterocycles. The minimum atomic E-state index is -0.245. The Hall–Kier alpha value is -4.03. The molecule has 2 heterocycles. The first kappa shape index (κ1) is 24.7. The summed E-state index contributed by atoms with van der Waals surface area (Å²) in [6.45, 7) is 3.83. The zero-order valence-electron chi connectivity index (χ0n) is 21.0. The van der Waals surface area contributed by atoms with Gasteiger partial charge in [-0.2, -0.15) is 10.2 Å². The molecule has 8 nitrogen and oxygen atoms in total. The molecule has 0 saturated heterocycles. The molecular weight excluding hydrogens is 484 g/mol. The van der Waals surface area contributed by atoms with E-state index in [-0.39, 0.29) is 12.1 Å². The molecule has 0 radical (unpaired) electrons. The quantitative estimate of drug-likeness (QED) is 0.210. The van der Waals surface area contributed by atoms with E-state index in [0.29, 0.717) is 34.1 Å². The Morgan fingerprint density at radius 2 is 1.97 bits per heavy atom. The molecule has 0 spiro atoms. The Kier molecular flexibility index (Phi) is 7.01. The van der Waals surface area contributed by atoms with Crippen LogP contribution in [0.5, 0.6) is 11.6 Å². The molecule has 1 fully saturated rings. The van der Waals surface area contributed by atoms with Gasteiger partial charge in [0.05, 0.1) is 16.8 Å². The van der Waals surface area contributed by atoms with Crippen LogP contribution < -0.4 is 15.4 Å². The van der Waals surface area contributed by atoms with Crippen molar-refractivity contribution < 1.29 is 9.53 Å². The summed E-state index contributed by atoms with van der Waals surface area (Å²) in [6.07, 6.45) is 6.88. The number of amides is 2. The van der Waals surface area contributed by atoms with Gasteiger partial charge in [0.2, 0.25) is 5.88 Å². The molecule has 188 valence electrons. The predicted octanol–water partition coefficient (Wildman–Crippen LogP) is 6.74. The van der Waals surface area contributed by atoms with Crippen LogP contribution >= 0.6 is 11.8 Å². The highest BCUT2D eigenvalue weighted by molar-refractivity contribution is 7.98. The summed E-state index contributed by atoms with van der Waals surface area (Å²) in [5.41, 5.74) is 4.11. The maximum absolute atomic E-state index is 12.1. The second-order valence-corrected chi connectivity index (χ2v) is 10.1. The average Bonchev–Trinajstić information content (AvgIpc) is 3.16. The number of ether oxygens (including phenoxy) is 1. The molecular formula is C28H28N6O2S. The van der Waals surface area contributed by atoms with Crippen LogP contribution in [0.1, 0.15) is 44.7 Å². The number of nitriles is 1. The molecule has 2 amide bonds. The fraction of sp³-hybridized carbons (Fsp3) is 0.286. The van der Waals surface area contributed by atoms with E-state index >= 15 is 0 Å². The minimum Gasteiger partial charge on any atom is -0.439 e. The second kappa shape index (κ2) is 10.5. The van der Waals surface area contributed by atoms with Gasteiger partial charge in [0.25, 0.3) is 0 Å². The van der Waals surface area contributed by atoms with Crippen molar-refractivity contribution in [3.63, 3.8) is 0 Å². The number of hydrogen-bond donors (Lipinski definition) is 2. The summed E-state index contributed by atoms with van der Waals surface area (Å²) < 4.78 is 8.36. The number of benzene rings is 2. The van der Waals surface area contributed by atoms with Crippen LogP contribution in [0.2, 0.25) is 0 Å². The smallest absolute Gasteiger partial charge is 0.319 e. The van der Waals surface area contributed by atoms with Crippen molar-refractivity contribution >= 4 is 34.4 Å². The minimum absolute atomic E-state index is 0.0476. The lowest BCUT2D eigenvalue weighted by Gasteiger charge is -2.30. The van der Waals surface area contributed by atoms with Crippen molar-refractivity contribution in [1.82, 2.24) is 19.9 Å². The summed E-state index contributed by atoms with van der Waals surface area (Å²) in [6, 6.07) is 17.8. The van der Waals surface area contributed by atoms with Crippen LogP contribution in [-0.2, 0) is 0 Å². The topological polar surface area (TPSA) is 105 Å². The highest BCUT2D eigenvalue weighted by Gasteiger charge is 2.28. The molecule has 0 unspecified atom stereocenters. The van der Waals surface area contributed by atoms with Crippen LogP contribution in [0.25, 0.3) is 22.2 Å².